The summed E-state index contributed by atoms with van der Waals surface area (Å²) in [4.78, 5) is 12.7. The summed E-state index contributed by atoms with van der Waals surface area (Å²) in [5.41, 5.74) is 5.19. The van der Waals surface area contributed by atoms with Gasteiger partial charge < -0.3 is 4.74 Å². The number of hydrogen-bond acceptors (Lipinski definition) is 3. The SMILES string of the molecule is COc1cc2c(cc1F)C(=Cc1ccc(SC)cc1)C(C)=C2CC(=O)Cl. The van der Waals surface area contributed by atoms with E-state index in [-0.39, 0.29) is 12.2 Å². The van der Waals surface area contributed by atoms with Gasteiger partial charge in [-0.3, -0.25) is 4.79 Å². The number of rotatable bonds is 5. The Balaban J connectivity index is 2.16. The van der Waals surface area contributed by atoms with Crippen LogP contribution < -0.4 is 4.74 Å². The molecule has 0 N–H and O–H groups in total. The van der Waals surface area contributed by atoms with Gasteiger partial charge in [0.1, 0.15) is 0 Å². The summed E-state index contributed by atoms with van der Waals surface area (Å²) in [6.07, 6.45) is 4.13. The molecule has 0 fully saturated rings. The predicted octanol–water partition coefficient (Wildman–Crippen LogP) is 6.04. The van der Waals surface area contributed by atoms with Crippen LogP contribution in [0, 0.1) is 5.82 Å². The van der Waals surface area contributed by atoms with Crippen molar-refractivity contribution < 1.29 is 13.9 Å². The summed E-state index contributed by atoms with van der Waals surface area (Å²) in [6, 6.07) is 11.2. The molecule has 0 aromatic heterocycles. The quantitative estimate of drug-likeness (QED) is 0.461. The molecule has 2 aromatic rings. The number of methoxy groups -OCH3 is 1. The molecular formula is C21H18ClFO2S. The second-order valence-corrected chi connectivity index (χ2v) is 7.30. The van der Waals surface area contributed by atoms with Gasteiger partial charge in [-0.15, -0.1) is 11.8 Å². The summed E-state index contributed by atoms with van der Waals surface area (Å²) in [6.45, 7) is 1.93. The predicted molar refractivity (Wildman–Crippen MR) is 107 cm³/mol. The number of benzene rings is 2. The average molecular weight is 389 g/mol. The Morgan fingerprint density at radius 2 is 1.92 bits per heavy atom. The van der Waals surface area contributed by atoms with Crippen molar-refractivity contribution >= 4 is 45.8 Å². The average Bonchev–Trinajstić information content (AvgIpc) is 2.86. The summed E-state index contributed by atoms with van der Waals surface area (Å²) in [7, 11) is 1.42. The zero-order chi connectivity index (χ0) is 18.8. The van der Waals surface area contributed by atoms with Crippen LogP contribution in [0.2, 0.25) is 0 Å². The zero-order valence-electron chi connectivity index (χ0n) is 14.7. The van der Waals surface area contributed by atoms with Gasteiger partial charge in [-0.25, -0.2) is 4.39 Å². The third-order valence-corrected chi connectivity index (χ3v) is 5.38. The van der Waals surface area contributed by atoms with Crippen LogP contribution in [0.3, 0.4) is 0 Å². The second kappa shape index (κ2) is 7.68. The highest BCUT2D eigenvalue weighted by Crippen LogP contribution is 2.45. The van der Waals surface area contributed by atoms with Crippen LogP contribution in [0.5, 0.6) is 5.75 Å². The van der Waals surface area contributed by atoms with Crippen molar-refractivity contribution in [2.24, 2.45) is 0 Å². The Hall–Kier alpha value is -2.04. The fourth-order valence-corrected chi connectivity index (χ4v) is 3.71. The lowest BCUT2D eigenvalue weighted by molar-refractivity contribution is -0.110. The van der Waals surface area contributed by atoms with Gasteiger partial charge in [0.15, 0.2) is 11.6 Å². The molecule has 134 valence electrons. The van der Waals surface area contributed by atoms with Crippen molar-refractivity contribution in [2.75, 3.05) is 13.4 Å². The van der Waals surface area contributed by atoms with E-state index >= 15 is 0 Å². The van der Waals surface area contributed by atoms with E-state index in [0.717, 1.165) is 33.4 Å². The minimum Gasteiger partial charge on any atom is -0.494 e. The number of thioether (sulfide) groups is 1. The molecule has 0 amide bonds. The Morgan fingerprint density at radius 3 is 2.50 bits per heavy atom. The van der Waals surface area contributed by atoms with Crippen molar-refractivity contribution in [1.29, 1.82) is 0 Å². The molecule has 0 atom stereocenters. The molecule has 0 spiro atoms. The van der Waals surface area contributed by atoms with Gasteiger partial charge in [-0.2, -0.15) is 0 Å². The van der Waals surface area contributed by atoms with Crippen molar-refractivity contribution in [3.05, 3.63) is 64.5 Å². The number of fused-ring (bicyclic) bond motifs is 1. The summed E-state index contributed by atoms with van der Waals surface area (Å²) in [5, 5.41) is -0.445. The largest absolute Gasteiger partial charge is 0.494 e. The van der Waals surface area contributed by atoms with E-state index in [1.807, 2.05) is 43.5 Å². The molecule has 0 unspecified atom stereocenters. The second-order valence-electron chi connectivity index (χ2n) is 6.00. The van der Waals surface area contributed by atoms with Gasteiger partial charge in [-0.1, -0.05) is 12.1 Å². The van der Waals surface area contributed by atoms with Gasteiger partial charge in [0.05, 0.1) is 7.11 Å². The molecule has 2 aromatic carbocycles. The van der Waals surface area contributed by atoms with Gasteiger partial charge in [0.2, 0.25) is 5.24 Å². The monoisotopic (exact) mass is 388 g/mol. The maximum atomic E-state index is 14.3. The highest BCUT2D eigenvalue weighted by Gasteiger charge is 2.27. The number of carbonyl (C=O) groups is 1. The Morgan fingerprint density at radius 1 is 1.23 bits per heavy atom. The van der Waals surface area contributed by atoms with Crippen LogP contribution in [0.4, 0.5) is 4.39 Å². The van der Waals surface area contributed by atoms with Crippen LogP contribution in [-0.4, -0.2) is 18.6 Å². The lowest BCUT2D eigenvalue weighted by Gasteiger charge is -2.09. The van der Waals surface area contributed by atoms with Gasteiger partial charge in [-0.05, 0) is 88.5 Å². The van der Waals surface area contributed by atoms with E-state index in [0.29, 0.717) is 0 Å². The molecule has 1 aliphatic carbocycles. The minimum absolute atomic E-state index is 0.0952. The summed E-state index contributed by atoms with van der Waals surface area (Å²) >= 11 is 7.31. The van der Waals surface area contributed by atoms with Crippen LogP contribution >= 0.6 is 23.4 Å². The maximum Gasteiger partial charge on any atom is 0.226 e. The standard InChI is InChI=1S/C21H18ClFO2S/c1-12-15(8-13-4-6-14(26-3)7-5-13)17-9-19(23)20(25-2)10-18(17)16(12)11-21(22)24/h4-10H,11H2,1-3H3. The molecule has 0 saturated heterocycles. The summed E-state index contributed by atoms with van der Waals surface area (Å²) < 4.78 is 19.4. The molecule has 2 nitrogen and oxygen atoms in total. The first-order valence-corrected chi connectivity index (χ1v) is 9.67. The molecule has 0 bridgehead atoms. The summed E-state index contributed by atoms with van der Waals surface area (Å²) in [5.74, 6) is -0.275. The first-order chi connectivity index (χ1) is 12.4. The molecular weight excluding hydrogens is 371 g/mol. The first kappa shape index (κ1) is 18.7. The lowest BCUT2D eigenvalue weighted by Crippen LogP contribution is -1.95. The number of hydrogen-bond donors (Lipinski definition) is 0. The smallest absolute Gasteiger partial charge is 0.226 e. The molecule has 0 radical (unpaired) electrons. The first-order valence-electron chi connectivity index (χ1n) is 8.07. The highest BCUT2D eigenvalue weighted by molar-refractivity contribution is 7.98. The van der Waals surface area contributed by atoms with E-state index in [2.05, 4.69) is 0 Å². The van der Waals surface area contributed by atoms with Crippen LogP contribution in [-0.2, 0) is 4.79 Å². The Bertz CT molecular complexity index is 930. The number of halogens is 2. The molecule has 0 saturated carbocycles. The number of carbonyl (C=O) groups excluding carboxylic acids is 1. The van der Waals surface area contributed by atoms with Crippen LogP contribution in [0.15, 0.2) is 46.9 Å². The van der Waals surface area contributed by atoms with Crippen molar-refractivity contribution in [1.82, 2.24) is 0 Å². The molecule has 26 heavy (non-hydrogen) atoms. The minimum atomic E-state index is -0.445. The highest BCUT2D eigenvalue weighted by atomic mass is 35.5. The molecule has 0 heterocycles. The fourth-order valence-electron chi connectivity index (χ4n) is 3.17. The molecule has 3 rings (SSSR count). The van der Waals surface area contributed by atoms with Crippen molar-refractivity contribution in [3.63, 3.8) is 0 Å². The van der Waals surface area contributed by atoms with E-state index in [9.17, 15) is 9.18 Å². The van der Waals surface area contributed by atoms with Crippen molar-refractivity contribution in [3.8, 4) is 5.75 Å². The topological polar surface area (TPSA) is 26.3 Å². The maximum absolute atomic E-state index is 14.3. The lowest BCUT2D eigenvalue weighted by atomic mass is 10.00. The molecule has 1 aliphatic rings. The Kier molecular flexibility index (Phi) is 5.54. The van der Waals surface area contributed by atoms with E-state index in [4.69, 9.17) is 16.3 Å². The molecule has 5 heteroatoms. The van der Waals surface area contributed by atoms with E-state index in [1.54, 1.807) is 17.8 Å². The van der Waals surface area contributed by atoms with E-state index < -0.39 is 11.1 Å². The molecule has 0 aliphatic heterocycles. The zero-order valence-corrected chi connectivity index (χ0v) is 16.3. The fraction of sp³-hybridized carbons (Fsp3) is 0.190. The number of ether oxygens (including phenoxy) is 1. The van der Waals surface area contributed by atoms with Crippen LogP contribution in [0.25, 0.3) is 17.2 Å². The Labute approximate surface area is 161 Å². The van der Waals surface area contributed by atoms with E-state index in [1.165, 1.54) is 18.1 Å². The van der Waals surface area contributed by atoms with Crippen LogP contribution in [0.1, 0.15) is 30.0 Å². The van der Waals surface area contributed by atoms with Crippen molar-refractivity contribution in [2.45, 2.75) is 18.2 Å². The number of allylic oxidation sites excluding steroid dienone is 3. The van der Waals surface area contributed by atoms with Gasteiger partial charge in [0, 0.05) is 11.3 Å². The van der Waals surface area contributed by atoms with Gasteiger partial charge >= 0.3 is 0 Å². The third kappa shape index (κ3) is 3.57. The third-order valence-electron chi connectivity index (χ3n) is 4.51. The van der Waals surface area contributed by atoms with Gasteiger partial charge in [0.25, 0.3) is 0 Å². The normalized spacial score (nSPS) is 14.7.